The third-order valence-electron chi connectivity index (χ3n) is 5.50. The second-order valence-corrected chi connectivity index (χ2v) is 9.82. The Labute approximate surface area is 182 Å². The molecule has 4 heterocycles. The molecule has 0 atom stereocenters. The number of aromatic nitrogens is 4. The highest BCUT2D eigenvalue weighted by atomic mass is 32.2. The van der Waals surface area contributed by atoms with E-state index in [0.29, 0.717) is 41.9 Å². The Hall–Kier alpha value is -2.72. The molecule has 9 nitrogen and oxygen atoms in total. The zero-order chi connectivity index (χ0) is 22.0. The zero-order valence-electron chi connectivity index (χ0n) is 18.1. The van der Waals surface area contributed by atoms with Crippen molar-refractivity contribution in [1.82, 2.24) is 24.2 Å². The molecule has 0 aliphatic carbocycles. The quantitative estimate of drug-likeness (QED) is 0.593. The Kier molecular flexibility index (Phi) is 6.10. The number of rotatable bonds is 7. The van der Waals surface area contributed by atoms with Crippen molar-refractivity contribution in [2.45, 2.75) is 57.4 Å². The minimum Gasteiger partial charge on any atom is -0.360 e. The van der Waals surface area contributed by atoms with Gasteiger partial charge >= 0.3 is 0 Å². The third-order valence-corrected chi connectivity index (χ3v) is 7.50. The van der Waals surface area contributed by atoms with Crippen molar-refractivity contribution in [1.29, 1.82) is 0 Å². The van der Waals surface area contributed by atoms with E-state index in [1.54, 1.807) is 22.1 Å². The maximum Gasteiger partial charge on any atom is 0.246 e. The highest BCUT2D eigenvalue weighted by molar-refractivity contribution is 7.89. The number of piperidine rings is 1. The van der Waals surface area contributed by atoms with E-state index in [1.807, 2.05) is 38.1 Å². The number of sulfonamides is 1. The second kappa shape index (κ2) is 8.80. The fourth-order valence-corrected chi connectivity index (χ4v) is 5.57. The first-order valence-corrected chi connectivity index (χ1v) is 12.0. The lowest BCUT2D eigenvalue weighted by Gasteiger charge is -2.30. The molecule has 0 spiro atoms. The van der Waals surface area contributed by atoms with Crippen LogP contribution in [0.1, 0.15) is 49.3 Å². The molecule has 4 rings (SSSR count). The van der Waals surface area contributed by atoms with Crippen molar-refractivity contribution in [3.8, 4) is 0 Å². The molecule has 1 N–H and O–H groups in total. The Morgan fingerprint density at radius 3 is 2.65 bits per heavy atom. The van der Waals surface area contributed by atoms with Gasteiger partial charge in [0.05, 0.1) is 5.69 Å². The molecule has 0 unspecified atom stereocenters. The molecule has 0 saturated carbocycles. The average molecular weight is 445 g/mol. The fourth-order valence-electron chi connectivity index (χ4n) is 3.93. The van der Waals surface area contributed by atoms with E-state index in [0.717, 1.165) is 30.7 Å². The van der Waals surface area contributed by atoms with Gasteiger partial charge in [0.2, 0.25) is 10.0 Å². The average Bonchev–Trinajstić information content (AvgIpc) is 3.34. The number of anilines is 2. The maximum atomic E-state index is 13.2. The molecule has 166 valence electrons. The first kappa shape index (κ1) is 21.5. The molecule has 0 aromatic carbocycles. The van der Waals surface area contributed by atoms with Gasteiger partial charge in [-0.05, 0) is 45.2 Å². The Bertz CT molecular complexity index is 1150. The molecule has 0 radical (unpaired) electrons. The first-order valence-electron chi connectivity index (χ1n) is 10.6. The number of hydrogen-bond acceptors (Lipinski definition) is 7. The molecule has 31 heavy (non-hydrogen) atoms. The van der Waals surface area contributed by atoms with Crippen LogP contribution < -0.4 is 5.32 Å². The van der Waals surface area contributed by atoms with Gasteiger partial charge in [0, 0.05) is 43.5 Å². The number of aryl methyl sites for hydroxylation is 3. The molecule has 1 fully saturated rings. The molecule has 1 aliphatic rings. The molecule has 1 aliphatic heterocycles. The fraction of sp³-hybridized carbons (Fsp3) is 0.476. The molecule has 3 aromatic heterocycles. The van der Waals surface area contributed by atoms with Gasteiger partial charge in [-0.1, -0.05) is 18.1 Å². The van der Waals surface area contributed by atoms with Crippen molar-refractivity contribution in [3.63, 3.8) is 0 Å². The Morgan fingerprint density at radius 1 is 1.19 bits per heavy atom. The van der Waals surface area contributed by atoms with Gasteiger partial charge in [0.15, 0.2) is 5.82 Å². The third kappa shape index (κ3) is 4.64. The van der Waals surface area contributed by atoms with Crippen LogP contribution >= 0.6 is 0 Å². The molecular formula is C21H28N6O3S. The summed E-state index contributed by atoms with van der Waals surface area (Å²) in [6, 6.07) is 7.63. The van der Waals surface area contributed by atoms with Crippen LogP contribution in [0, 0.1) is 13.8 Å². The van der Waals surface area contributed by atoms with Crippen LogP contribution in [0.25, 0.3) is 0 Å². The number of nitrogens with zero attached hydrogens (tertiary/aromatic N) is 5. The van der Waals surface area contributed by atoms with Crippen LogP contribution in [-0.2, 0) is 16.6 Å². The smallest absolute Gasteiger partial charge is 0.246 e. The molecule has 3 aromatic rings. The number of nitrogens with one attached hydrogen (secondary N) is 1. The number of pyridine rings is 1. The van der Waals surface area contributed by atoms with E-state index in [1.165, 1.54) is 0 Å². The summed E-state index contributed by atoms with van der Waals surface area (Å²) in [5.41, 5.74) is 1.51. The topological polar surface area (TPSA) is 106 Å². The lowest BCUT2D eigenvalue weighted by atomic mass is 9.94. The molecule has 10 heteroatoms. The van der Waals surface area contributed by atoms with Crippen molar-refractivity contribution in [2.75, 3.05) is 18.4 Å². The zero-order valence-corrected chi connectivity index (χ0v) is 18.9. The van der Waals surface area contributed by atoms with Crippen LogP contribution in [-0.4, -0.2) is 45.7 Å². The van der Waals surface area contributed by atoms with Gasteiger partial charge in [0.25, 0.3) is 0 Å². The highest BCUT2D eigenvalue weighted by Gasteiger charge is 2.32. The van der Waals surface area contributed by atoms with E-state index in [9.17, 15) is 8.42 Å². The summed E-state index contributed by atoms with van der Waals surface area (Å²) in [6.45, 7) is 7.27. The van der Waals surface area contributed by atoms with Crippen LogP contribution in [0.4, 0.5) is 11.6 Å². The Balaban J connectivity index is 1.43. The van der Waals surface area contributed by atoms with Gasteiger partial charge in [-0.15, -0.1) is 0 Å². The van der Waals surface area contributed by atoms with E-state index in [2.05, 4.69) is 15.6 Å². The largest absolute Gasteiger partial charge is 0.360 e. The Morgan fingerprint density at radius 2 is 1.97 bits per heavy atom. The van der Waals surface area contributed by atoms with Crippen molar-refractivity contribution in [2.24, 2.45) is 0 Å². The standard InChI is InChI=1S/C21H28N6O3S/c1-4-10-26-14-19(16(3)24-26)31(28,29)27-11-8-17(9-12-27)18-6-5-7-20(22-18)23-21-13-15(2)30-25-21/h5-7,13-14,17H,4,8-12H2,1-3H3,(H,22,23,25). The van der Waals surface area contributed by atoms with Gasteiger partial charge in [-0.3, -0.25) is 4.68 Å². The van der Waals surface area contributed by atoms with Crippen LogP contribution in [0.3, 0.4) is 0 Å². The normalized spacial score (nSPS) is 16.0. The van der Waals surface area contributed by atoms with Crippen LogP contribution in [0.5, 0.6) is 0 Å². The monoisotopic (exact) mass is 444 g/mol. The van der Waals surface area contributed by atoms with Crippen molar-refractivity contribution in [3.05, 3.63) is 47.6 Å². The summed E-state index contributed by atoms with van der Waals surface area (Å²) in [6.07, 6.45) is 4.01. The molecular weight excluding hydrogens is 416 g/mol. The van der Waals surface area contributed by atoms with Gasteiger partial charge in [-0.2, -0.15) is 9.40 Å². The second-order valence-electron chi connectivity index (χ2n) is 7.92. The first-order chi connectivity index (χ1) is 14.9. The predicted molar refractivity (Wildman–Crippen MR) is 117 cm³/mol. The molecule has 0 amide bonds. The lowest BCUT2D eigenvalue weighted by molar-refractivity contribution is 0.316. The lowest BCUT2D eigenvalue weighted by Crippen LogP contribution is -2.38. The summed E-state index contributed by atoms with van der Waals surface area (Å²) in [7, 11) is -3.54. The van der Waals surface area contributed by atoms with Gasteiger partial charge in [-0.25, -0.2) is 13.4 Å². The summed E-state index contributed by atoms with van der Waals surface area (Å²) in [5, 5.41) is 11.4. The summed E-state index contributed by atoms with van der Waals surface area (Å²) in [4.78, 5) is 5.02. The van der Waals surface area contributed by atoms with Crippen LogP contribution in [0.15, 0.2) is 39.9 Å². The molecule has 1 saturated heterocycles. The minimum atomic E-state index is -3.54. The molecule has 0 bridgehead atoms. The minimum absolute atomic E-state index is 0.205. The van der Waals surface area contributed by atoms with E-state index < -0.39 is 10.0 Å². The summed E-state index contributed by atoms with van der Waals surface area (Å²) < 4.78 is 34.7. The van der Waals surface area contributed by atoms with Crippen molar-refractivity contribution >= 4 is 21.7 Å². The van der Waals surface area contributed by atoms with Crippen LogP contribution in [0.2, 0.25) is 0 Å². The van der Waals surface area contributed by atoms with E-state index in [-0.39, 0.29) is 5.92 Å². The predicted octanol–water partition coefficient (Wildman–Crippen LogP) is 3.60. The SMILES string of the molecule is CCCn1cc(S(=O)(=O)N2CCC(c3cccc(Nc4cc(C)on4)n3)CC2)c(C)n1. The number of hydrogen-bond donors (Lipinski definition) is 1. The van der Waals surface area contributed by atoms with Gasteiger partial charge < -0.3 is 9.84 Å². The van der Waals surface area contributed by atoms with Gasteiger partial charge in [0.1, 0.15) is 16.5 Å². The summed E-state index contributed by atoms with van der Waals surface area (Å²) in [5.74, 6) is 2.24. The maximum absolute atomic E-state index is 13.2. The van der Waals surface area contributed by atoms with E-state index >= 15 is 0 Å². The van der Waals surface area contributed by atoms with Crippen molar-refractivity contribution < 1.29 is 12.9 Å². The highest BCUT2D eigenvalue weighted by Crippen LogP contribution is 2.31. The summed E-state index contributed by atoms with van der Waals surface area (Å²) >= 11 is 0. The van der Waals surface area contributed by atoms with E-state index in [4.69, 9.17) is 9.51 Å².